The third kappa shape index (κ3) is 5.15. The number of ether oxygens (including phenoxy) is 2. The Labute approximate surface area is 220 Å². The number of methoxy groups -OCH3 is 1. The Morgan fingerprint density at radius 3 is 2.47 bits per heavy atom. The Kier molecular flexibility index (Phi) is 7.34. The summed E-state index contributed by atoms with van der Waals surface area (Å²) in [4.78, 5) is 34.3. The summed E-state index contributed by atoms with van der Waals surface area (Å²) >= 11 is 6.33. The van der Waals surface area contributed by atoms with Crippen molar-refractivity contribution in [3.8, 4) is 23.0 Å². The summed E-state index contributed by atoms with van der Waals surface area (Å²) in [6.45, 7) is 4.21. The molecule has 0 saturated heterocycles. The molecule has 38 heavy (non-hydrogen) atoms. The Balaban J connectivity index is 1.79. The monoisotopic (exact) mass is 544 g/mol. The molecular formula is C26H23ClF2N4O5. The SMILES string of the molecule is COc1cnc(-n2cccc(C(C)(C)O)c2=O)cc1-n1c(C)cc(OCc2ncc(F)cc2F)c(Cl)c1=O. The summed E-state index contributed by atoms with van der Waals surface area (Å²) in [5, 5.41) is 10.1. The van der Waals surface area contributed by atoms with Crippen LogP contribution in [0.2, 0.25) is 5.02 Å². The van der Waals surface area contributed by atoms with E-state index in [2.05, 4.69) is 9.97 Å². The Morgan fingerprint density at radius 2 is 1.82 bits per heavy atom. The normalized spacial score (nSPS) is 11.5. The molecule has 0 saturated carbocycles. The van der Waals surface area contributed by atoms with E-state index in [1.54, 1.807) is 13.0 Å². The van der Waals surface area contributed by atoms with Gasteiger partial charge in [-0.3, -0.25) is 23.7 Å². The highest BCUT2D eigenvalue weighted by Gasteiger charge is 2.23. The van der Waals surface area contributed by atoms with Gasteiger partial charge in [0.1, 0.15) is 34.7 Å². The maximum atomic E-state index is 13.9. The number of aryl methyl sites for hydroxylation is 1. The van der Waals surface area contributed by atoms with Gasteiger partial charge in [0.2, 0.25) is 0 Å². The summed E-state index contributed by atoms with van der Waals surface area (Å²) in [5.74, 6) is -1.38. The highest BCUT2D eigenvalue weighted by molar-refractivity contribution is 6.31. The predicted molar refractivity (Wildman–Crippen MR) is 135 cm³/mol. The van der Waals surface area contributed by atoms with Gasteiger partial charge in [-0.15, -0.1) is 0 Å². The minimum absolute atomic E-state index is 0.0294. The van der Waals surface area contributed by atoms with Crippen molar-refractivity contribution in [2.45, 2.75) is 33.0 Å². The molecule has 0 aromatic carbocycles. The first kappa shape index (κ1) is 27.0. The molecule has 0 spiro atoms. The minimum Gasteiger partial charge on any atom is -0.493 e. The number of rotatable bonds is 7. The van der Waals surface area contributed by atoms with E-state index in [1.807, 2.05) is 0 Å². The van der Waals surface area contributed by atoms with Crippen LogP contribution in [0.5, 0.6) is 11.5 Å². The summed E-state index contributed by atoms with van der Waals surface area (Å²) < 4.78 is 40.5. The van der Waals surface area contributed by atoms with Crippen LogP contribution < -0.4 is 20.6 Å². The Hall–Kier alpha value is -4.09. The third-order valence-corrected chi connectivity index (χ3v) is 6.04. The second-order valence-electron chi connectivity index (χ2n) is 8.85. The number of hydrogen-bond donors (Lipinski definition) is 1. The van der Waals surface area contributed by atoms with Crippen LogP contribution in [0.15, 0.2) is 58.5 Å². The van der Waals surface area contributed by atoms with Crippen molar-refractivity contribution in [2.24, 2.45) is 0 Å². The average molecular weight is 545 g/mol. The number of pyridine rings is 4. The van der Waals surface area contributed by atoms with Crippen molar-refractivity contribution in [2.75, 3.05) is 7.11 Å². The van der Waals surface area contributed by atoms with Crippen LogP contribution in [0.4, 0.5) is 8.78 Å². The van der Waals surface area contributed by atoms with Gasteiger partial charge in [-0.1, -0.05) is 11.6 Å². The quantitative estimate of drug-likeness (QED) is 0.376. The van der Waals surface area contributed by atoms with Crippen LogP contribution in [0, 0.1) is 18.6 Å². The molecule has 9 nitrogen and oxygen atoms in total. The van der Waals surface area contributed by atoms with Crippen molar-refractivity contribution in [1.82, 2.24) is 19.1 Å². The van der Waals surface area contributed by atoms with E-state index in [4.69, 9.17) is 21.1 Å². The van der Waals surface area contributed by atoms with Crippen LogP contribution >= 0.6 is 11.6 Å². The third-order valence-electron chi connectivity index (χ3n) is 5.69. The Bertz CT molecular complexity index is 1650. The summed E-state index contributed by atoms with van der Waals surface area (Å²) in [5.41, 5.74) is -1.96. The lowest BCUT2D eigenvalue weighted by atomic mass is 10.0. The Morgan fingerprint density at radius 1 is 1.08 bits per heavy atom. The zero-order valence-electron chi connectivity index (χ0n) is 20.8. The first-order chi connectivity index (χ1) is 17.9. The van der Waals surface area contributed by atoms with Crippen LogP contribution in [0.3, 0.4) is 0 Å². The molecule has 1 N–H and O–H groups in total. The van der Waals surface area contributed by atoms with Gasteiger partial charge in [0, 0.05) is 35.7 Å². The lowest BCUT2D eigenvalue weighted by Gasteiger charge is -2.19. The standard InChI is InChI=1S/C26H23ClF2N4O5/c1-14-8-20(38-13-18-17(29)9-15(28)11-30-18)23(27)25(35)33(14)19-10-22(31-12-21(19)37-4)32-7-5-6-16(24(32)34)26(2,3)36/h5-12,36H,13H2,1-4H3. The zero-order valence-corrected chi connectivity index (χ0v) is 21.6. The molecular weight excluding hydrogens is 522 g/mol. The molecule has 0 atom stereocenters. The number of nitrogens with zero attached hydrogens (tertiary/aromatic N) is 4. The van der Waals surface area contributed by atoms with Gasteiger partial charge >= 0.3 is 0 Å². The molecule has 0 amide bonds. The largest absolute Gasteiger partial charge is 0.493 e. The molecule has 0 unspecified atom stereocenters. The average Bonchev–Trinajstić information content (AvgIpc) is 2.85. The second-order valence-corrected chi connectivity index (χ2v) is 9.22. The van der Waals surface area contributed by atoms with E-state index in [-0.39, 0.29) is 39.3 Å². The molecule has 0 aliphatic heterocycles. The van der Waals surface area contributed by atoms with Crippen molar-refractivity contribution in [1.29, 1.82) is 0 Å². The smallest absolute Gasteiger partial charge is 0.278 e. The molecule has 0 fully saturated rings. The number of hydrogen-bond acceptors (Lipinski definition) is 7. The van der Waals surface area contributed by atoms with Crippen molar-refractivity contribution < 1.29 is 23.4 Å². The van der Waals surface area contributed by atoms with Gasteiger partial charge in [-0.05, 0) is 32.9 Å². The molecule has 12 heteroatoms. The second kappa shape index (κ2) is 10.3. The lowest BCUT2D eigenvalue weighted by Crippen LogP contribution is -2.31. The summed E-state index contributed by atoms with van der Waals surface area (Å²) in [7, 11) is 1.39. The minimum atomic E-state index is -1.39. The van der Waals surface area contributed by atoms with Gasteiger partial charge < -0.3 is 14.6 Å². The van der Waals surface area contributed by atoms with E-state index in [0.717, 1.165) is 6.20 Å². The number of aromatic nitrogens is 4. The van der Waals surface area contributed by atoms with E-state index in [1.165, 1.54) is 60.7 Å². The molecule has 4 heterocycles. The highest BCUT2D eigenvalue weighted by Crippen LogP contribution is 2.29. The predicted octanol–water partition coefficient (Wildman–Crippen LogP) is 3.83. The molecule has 198 valence electrons. The van der Waals surface area contributed by atoms with Crippen molar-refractivity contribution in [3.05, 3.63) is 103 Å². The first-order valence-electron chi connectivity index (χ1n) is 11.3. The van der Waals surface area contributed by atoms with Gasteiger partial charge in [0.25, 0.3) is 11.1 Å². The van der Waals surface area contributed by atoms with Gasteiger partial charge in [0.15, 0.2) is 11.6 Å². The molecule has 4 aromatic heterocycles. The number of aliphatic hydroxyl groups is 1. The van der Waals surface area contributed by atoms with Crippen LogP contribution in [0.1, 0.15) is 30.8 Å². The lowest BCUT2D eigenvalue weighted by molar-refractivity contribution is 0.0767. The summed E-state index contributed by atoms with van der Waals surface area (Å²) in [6.07, 6.45) is 3.68. The fourth-order valence-corrected chi connectivity index (χ4v) is 4.00. The number of halogens is 3. The summed E-state index contributed by atoms with van der Waals surface area (Å²) in [6, 6.07) is 6.72. The highest BCUT2D eigenvalue weighted by atomic mass is 35.5. The van der Waals surface area contributed by atoms with Crippen molar-refractivity contribution >= 4 is 11.6 Å². The molecule has 0 aliphatic carbocycles. The topological polar surface area (TPSA) is 108 Å². The van der Waals surface area contributed by atoms with Crippen LogP contribution in [0.25, 0.3) is 11.5 Å². The van der Waals surface area contributed by atoms with Gasteiger partial charge in [-0.2, -0.15) is 0 Å². The van der Waals surface area contributed by atoms with Gasteiger partial charge in [0.05, 0.1) is 30.8 Å². The van der Waals surface area contributed by atoms with E-state index >= 15 is 0 Å². The maximum absolute atomic E-state index is 13.9. The first-order valence-corrected chi connectivity index (χ1v) is 11.6. The van der Waals surface area contributed by atoms with E-state index in [0.29, 0.717) is 11.8 Å². The van der Waals surface area contributed by atoms with Crippen molar-refractivity contribution in [3.63, 3.8) is 0 Å². The molecule has 4 aromatic rings. The van der Waals surface area contributed by atoms with Crippen LogP contribution in [-0.2, 0) is 12.2 Å². The van der Waals surface area contributed by atoms with Gasteiger partial charge in [-0.25, -0.2) is 13.8 Å². The molecule has 0 aliphatic rings. The fourth-order valence-electron chi connectivity index (χ4n) is 3.81. The molecule has 4 rings (SSSR count). The fraction of sp³-hybridized carbons (Fsp3) is 0.231. The maximum Gasteiger partial charge on any atom is 0.278 e. The molecule has 0 bridgehead atoms. The zero-order chi connectivity index (χ0) is 27.8. The van der Waals surface area contributed by atoms with E-state index in [9.17, 15) is 23.5 Å². The van der Waals surface area contributed by atoms with Crippen LogP contribution in [-0.4, -0.2) is 31.3 Å². The molecule has 0 radical (unpaired) electrons. The van der Waals surface area contributed by atoms with E-state index < -0.39 is 35.0 Å².